The molecule has 31 heavy (non-hydrogen) atoms. The predicted molar refractivity (Wildman–Crippen MR) is 117 cm³/mol. The largest absolute Gasteiger partial charge is 0.455 e. The quantitative estimate of drug-likeness (QED) is 0.564. The first-order valence-corrected chi connectivity index (χ1v) is 12.1. The third-order valence-electron chi connectivity index (χ3n) is 6.20. The van der Waals surface area contributed by atoms with Crippen LogP contribution in [0.4, 0.5) is 0 Å². The minimum atomic E-state index is -0.0338. The molecular formula is C22H28N6O2S. The van der Waals surface area contributed by atoms with Crippen molar-refractivity contribution in [3.8, 4) is 0 Å². The molecular weight excluding hydrogens is 412 g/mol. The van der Waals surface area contributed by atoms with Crippen molar-refractivity contribution in [2.24, 2.45) is 7.05 Å². The van der Waals surface area contributed by atoms with Crippen molar-refractivity contribution in [3.63, 3.8) is 0 Å². The molecule has 0 radical (unpaired) electrons. The van der Waals surface area contributed by atoms with Gasteiger partial charge in [-0.3, -0.25) is 4.79 Å². The normalized spacial score (nSPS) is 19.3. The SMILES string of the molecule is Cn1ccnc1SCc1ccc(C(=O)N2CCCC(c3nnc4n3CCCCC4)C2)o1. The fourth-order valence-corrected chi connectivity index (χ4v) is 5.36. The van der Waals surface area contributed by atoms with Crippen LogP contribution in [0.25, 0.3) is 0 Å². The van der Waals surface area contributed by atoms with Crippen LogP contribution in [0.1, 0.15) is 66.0 Å². The number of thioether (sulfide) groups is 1. The molecule has 3 aromatic rings. The van der Waals surface area contributed by atoms with Crippen molar-refractivity contribution in [3.05, 3.63) is 47.7 Å². The van der Waals surface area contributed by atoms with Gasteiger partial charge in [0.1, 0.15) is 17.4 Å². The highest BCUT2D eigenvalue weighted by molar-refractivity contribution is 7.98. The topological polar surface area (TPSA) is 82.0 Å². The second kappa shape index (κ2) is 8.90. The van der Waals surface area contributed by atoms with E-state index in [0.717, 1.165) is 54.9 Å². The maximum atomic E-state index is 13.1. The minimum Gasteiger partial charge on any atom is -0.455 e. The molecule has 2 aliphatic rings. The number of likely N-dealkylation sites (tertiary alicyclic amines) is 1. The number of carbonyl (C=O) groups is 1. The van der Waals surface area contributed by atoms with Gasteiger partial charge < -0.3 is 18.5 Å². The van der Waals surface area contributed by atoms with Gasteiger partial charge in [-0.1, -0.05) is 18.2 Å². The van der Waals surface area contributed by atoms with E-state index in [-0.39, 0.29) is 11.8 Å². The summed E-state index contributed by atoms with van der Waals surface area (Å²) in [5, 5.41) is 9.91. The number of aryl methyl sites for hydroxylation is 2. The third kappa shape index (κ3) is 4.28. The predicted octanol–water partition coefficient (Wildman–Crippen LogP) is 3.64. The lowest BCUT2D eigenvalue weighted by Gasteiger charge is -2.32. The lowest BCUT2D eigenvalue weighted by Crippen LogP contribution is -2.39. The number of fused-ring (bicyclic) bond motifs is 1. The van der Waals surface area contributed by atoms with E-state index in [2.05, 4.69) is 19.7 Å². The highest BCUT2D eigenvalue weighted by atomic mass is 32.2. The smallest absolute Gasteiger partial charge is 0.289 e. The lowest BCUT2D eigenvalue weighted by molar-refractivity contribution is 0.0669. The third-order valence-corrected chi connectivity index (χ3v) is 7.29. The van der Waals surface area contributed by atoms with E-state index in [1.807, 2.05) is 28.8 Å². The molecule has 1 atom stereocenters. The zero-order valence-electron chi connectivity index (χ0n) is 17.9. The fraction of sp³-hybridized carbons (Fsp3) is 0.545. The first kappa shape index (κ1) is 20.4. The first-order chi connectivity index (χ1) is 15.2. The lowest BCUT2D eigenvalue weighted by atomic mass is 9.96. The average molecular weight is 441 g/mol. The molecule has 1 unspecified atom stereocenters. The van der Waals surface area contributed by atoms with Gasteiger partial charge in [0.2, 0.25) is 0 Å². The Balaban J connectivity index is 1.24. The van der Waals surface area contributed by atoms with Crippen molar-refractivity contribution in [1.29, 1.82) is 0 Å². The van der Waals surface area contributed by atoms with Crippen molar-refractivity contribution in [2.75, 3.05) is 13.1 Å². The second-order valence-corrected chi connectivity index (χ2v) is 9.34. The summed E-state index contributed by atoms with van der Waals surface area (Å²) in [6, 6.07) is 3.69. The van der Waals surface area contributed by atoms with E-state index in [4.69, 9.17) is 4.42 Å². The highest BCUT2D eigenvalue weighted by Gasteiger charge is 2.31. The Morgan fingerprint density at radius 1 is 1.19 bits per heavy atom. The van der Waals surface area contributed by atoms with Crippen LogP contribution in [-0.4, -0.2) is 48.2 Å². The molecule has 0 bridgehead atoms. The Kier molecular flexibility index (Phi) is 5.85. The monoisotopic (exact) mass is 440 g/mol. The summed E-state index contributed by atoms with van der Waals surface area (Å²) in [7, 11) is 1.97. The van der Waals surface area contributed by atoms with Crippen molar-refractivity contribution < 1.29 is 9.21 Å². The molecule has 9 heteroatoms. The summed E-state index contributed by atoms with van der Waals surface area (Å²) in [6.07, 6.45) is 10.3. The van der Waals surface area contributed by atoms with Crippen molar-refractivity contribution in [2.45, 2.75) is 61.9 Å². The number of amides is 1. The van der Waals surface area contributed by atoms with E-state index in [9.17, 15) is 4.79 Å². The average Bonchev–Trinajstić information content (AvgIpc) is 3.49. The van der Waals surface area contributed by atoms with E-state index < -0.39 is 0 Å². The van der Waals surface area contributed by atoms with Gasteiger partial charge in [0.25, 0.3) is 5.91 Å². The van der Waals surface area contributed by atoms with E-state index in [1.54, 1.807) is 24.0 Å². The van der Waals surface area contributed by atoms with Crippen LogP contribution in [0.15, 0.2) is 34.1 Å². The molecule has 1 saturated heterocycles. The molecule has 1 fully saturated rings. The molecule has 5 rings (SSSR count). The molecule has 0 aromatic carbocycles. The summed E-state index contributed by atoms with van der Waals surface area (Å²) in [5.41, 5.74) is 0. The number of piperidine rings is 1. The number of aromatic nitrogens is 5. The van der Waals surface area contributed by atoms with Gasteiger partial charge >= 0.3 is 0 Å². The zero-order chi connectivity index (χ0) is 21.2. The van der Waals surface area contributed by atoms with Crippen LogP contribution in [0.3, 0.4) is 0 Å². The van der Waals surface area contributed by atoms with Crippen LogP contribution >= 0.6 is 11.8 Å². The van der Waals surface area contributed by atoms with Crippen LogP contribution in [-0.2, 0) is 25.8 Å². The van der Waals surface area contributed by atoms with Gasteiger partial charge in [0.15, 0.2) is 10.9 Å². The Labute approximate surface area is 186 Å². The number of hydrogen-bond donors (Lipinski definition) is 0. The number of rotatable bonds is 5. The van der Waals surface area contributed by atoms with Crippen molar-refractivity contribution >= 4 is 17.7 Å². The minimum absolute atomic E-state index is 0.0338. The Hall–Kier alpha value is -2.55. The Morgan fingerprint density at radius 2 is 2.13 bits per heavy atom. The molecule has 0 aliphatic carbocycles. The van der Waals surface area contributed by atoms with Crippen molar-refractivity contribution in [1.82, 2.24) is 29.2 Å². The fourth-order valence-electron chi connectivity index (χ4n) is 4.53. The molecule has 3 aromatic heterocycles. The number of nitrogens with zero attached hydrogens (tertiary/aromatic N) is 6. The van der Waals surface area contributed by atoms with Crippen LogP contribution in [0, 0.1) is 0 Å². The number of furan rings is 1. The van der Waals surface area contributed by atoms with Crippen LogP contribution < -0.4 is 0 Å². The Morgan fingerprint density at radius 3 is 3.00 bits per heavy atom. The van der Waals surface area contributed by atoms with Gasteiger partial charge in [-0.05, 0) is 37.8 Å². The molecule has 0 spiro atoms. The number of imidazole rings is 1. The second-order valence-electron chi connectivity index (χ2n) is 8.40. The molecule has 5 heterocycles. The molecule has 8 nitrogen and oxygen atoms in total. The van der Waals surface area contributed by atoms with Crippen LogP contribution in [0.5, 0.6) is 0 Å². The van der Waals surface area contributed by atoms with Gasteiger partial charge in [0.05, 0.1) is 5.75 Å². The molecule has 0 saturated carbocycles. The van der Waals surface area contributed by atoms with Gasteiger partial charge in [0, 0.05) is 51.4 Å². The first-order valence-electron chi connectivity index (χ1n) is 11.1. The maximum Gasteiger partial charge on any atom is 0.289 e. The summed E-state index contributed by atoms with van der Waals surface area (Å²) in [6.45, 7) is 2.43. The summed E-state index contributed by atoms with van der Waals surface area (Å²) in [4.78, 5) is 19.4. The van der Waals surface area contributed by atoms with Gasteiger partial charge in [-0.25, -0.2) is 4.98 Å². The Bertz CT molecular complexity index is 1050. The standard InChI is InChI=1S/C22H28N6O2S/c1-26-13-10-23-22(26)31-15-17-8-9-18(30-17)21(29)27-11-5-6-16(14-27)20-25-24-19-7-3-2-4-12-28(19)20/h8-10,13,16H,2-7,11-12,14-15H2,1H3. The molecule has 2 aliphatic heterocycles. The zero-order valence-corrected chi connectivity index (χ0v) is 18.7. The maximum absolute atomic E-state index is 13.1. The summed E-state index contributed by atoms with van der Waals surface area (Å²) < 4.78 is 10.2. The van der Waals surface area contributed by atoms with E-state index in [1.165, 1.54) is 19.3 Å². The summed E-state index contributed by atoms with van der Waals surface area (Å²) >= 11 is 1.60. The summed E-state index contributed by atoms with van der Waals surface area (Å²) in [5.74, 6) is 4.22. The number of carbonyl (C=O) groups excluding carboxylic acids is 1. The molecule has 164 valence electrons. The van der Waals surface area contributed by atoms with Crippen LogP contribution in [0.2, 0.25) is 0 Å². The molecule has 0 N–H and O–H groups in total. The number of hydrogen-bond acceptors (Lipinski definition) is 6. The highest BCUT2D eigenvalue weighted by Crippen LogP contribution is 2.29. The van der Waals surface area contributed by atoms with E-state index in [0.29, 0.717) is 18.1 Å². The molecule has 1 amide bonds. The van der Waals surface area contributed by atoms with Gasteiger partial charge in [-0.15, -0.1) is 10.2 Å². The van der Waals surface area contributed by atoms with E-state index >= 15 is 0 Å². The van der Waals surface area contributed by atoms with Gasteiger partial charge in [-0.2, -0.15) is 0 Å².